The molecule has 0 aromatic heterocycles. The number of aliphatic hydroxyl groups is 1. The van der Waals surface area contributed by atoms with E-state index in [-0.39, 0.29) is 11.9 Å². The number of unbranched alkanes of at least 4 members (excludes halogenated alkanes) is 13. The maximum Gasteiger partial charge on any atom is 0.305 e. The van der Waals surface area contributed by atoms with Crippen LogP contribution in [0.25, 0.3) is 0 Å². The Balaban J connectivity index is 4.35. The van der Waals surface area contributed by atoms with E-state index in [0.717, 1.165) is 128 Å². The minimum absolute atomic E-state index is 0.0362. The fourth-order valence-corrected chi connectivity index (χ4v) is 8.32. The summed E-state index contributed by atoms with van der Waals surface area (Å²) in [6, 6.07) is 0. The SMILES string of the molecule is CCCCC(CC)CCCCCC(=O)OCCCCCCC(O)(CCCCCCOC(=O)CCCCCC(CC)CCCC)CCCCN(CCC)CCC. The van der Waals surface area contributed by atoms with E-state index in [9.17, 15) is 14.7 Å². The van der Waals surface area contributed by atoms with Crippen molar-refractivity contribution >= 4 is 11.9 Å². The van der Waals surface area contributed by atoms with E-state index < -0.39 is 5.60 Å². The highest BCUT2D eigenvalue weighted by molar-refractivity contribution is 5.69. The zero-order chi connectivity index (χ0) is 40.7. The first-order valence-electron chi connectivity index (χ1n) is 24.5. The fraction of sp³-hybridized carbons (Fsp3) is 0.959. The van der Waals surface area contributed by atoms with Crippen LogP contribution in [0.5, 0.6) is 0 Å². The zero-order valence-corrected chi connectivity index (χ0v) is 38.1. The van der Waals surface area contributed by atoms with Crippen LogP contribution in [0.3, 0.4) is 0 Å². The Morgan fingerprint density at radius 1 is 0.455 bits per heavy atom. The van der Waals surface area contributed by atoms with Crippen LogP contribution >= 0.6 is 0 Å². The molecule has 0 radical (unpaired) electrons. The Labute approximate surface area is 343 Å². The molecule has 0 saturated carbocycles. The second-order valence-corrected chi connectivity index (χ2v) is 17.3. The van der Waals surface area contributed by atoms with Crippen LogP contribution in [0.4, 0.5) is 0 Å². The van der Waals surface area contributed by atoms with Crippen molar-refractivity contribution in [3.05, 3.63) is 0 Å². The summed E-state index contributed by atoms with van der Waals surface area (Å²) < 4.78 is 11.1. The van der Waals surface area contributed by atoms with Crippen molar-refractivity contribution in [2.45, 2.75) is 259 Å². The maximum atomic E-state index is 12.2. The largest absolute Gasteiger partial charge is 0.466 e. The zero-order valence-electron chi connectivity index (χ0n) is 38.1. The Morgan fingerprint density at radius 3 is 1.24 bits per heavy atom. The minimum atomic E-state index is -0.598. The van der Waals surface area contributed by atoms with Gasteiger partial charge in [0.1, 0.15) is 0 Å². The Hall–Kier alpha value is -1.14. The first-order valence-corrected chi connectivity index (χ1v) is 24.5. The maximum absolute atomic E-state index is 12.2. The van der Waals surface area contributed by atoms with Gasteiger partial charge in [0, 0.05) is 12.8 Å². The van der Waals surface area contributed by atoms with Crippen LogP contribution in [-0.4, -0.2) is 60.4 Å². The summed E-state index contributed by atoms with van der Waals surface area (Å²) in [6.07, 6.45) is 36.1. The van der Waals surface area contributed by atoms with Gasteiger partial charge in [-0.05, 0) is 102 Å². The topological polar surface area (TPSA) is 76.1 Å². The van der Waals surface area contributed by atoms with Crippen molar-refractivity contribution in [1.82, 2.24) is 4.90 Å². The summed E-state index contributed by atoms with van der Waals surface area (Å²) in [5.41, 5.74) is -0.598. The van der Waals surface area contributed by atoms with Gasteiger partial charge in [-0.1, -0.05) is 170 Å². The number of nitrogens with zero attached hydrogens (tertiary/aromatic N) is 1. The van der Waals surface area contributed by atoms with E-state index in [1.54, 1.807) is 0 Å². The third-order valence-electron chi connectivity index (χ3n) is 12.1. The highest BCUT2D eigenvalue weighted by Gasteiger charge is 2.25. The lowest BCUT2D eigenvalue weighted by molar-refractivity contribution is -0.144. The van der Waals surface area contributed by atoms with Crippen LogP contribution < -0.4 is 0 Å². The molecule has 2 unspecified atom stereocenters. The first-order chi connectivity index (χ1) is 26.8. The van der Waals surface area contributed by atoms with Crippen LogP contribution in [-0.2, 0) is 19.1 Å². The highest BCUT2D eigenvalue weighted by Crippen LogP contribution is 2.29. The summed E-state index contributed by atoms with van der Waals surface area (Å²) in [5, 5.41) is 11.8. The Morgan fingerprint density at radius 2 is 0.836 bits per heavy atom. The summed E-state index contributed by atoms with van der Waals surface area (Å²) in [7, 11) is 0. The molecule has 1 N–H and O–H groups in total. The van der Waals surface area contributed by atoms with E-state index in [0.29, 0.717) is 26.1 Å². The molecule has 0 aliphatic rings. The molecule has 0 aromatic rings. The van der Waals surface area contributed by atoms with Crippen molar-refractivity contribution < 1.29 is 24.2 Å². The number of hydrogen-bond acceptors (Lipinski definition) is 6. The molecule has 0 fully saturated rings. The van der Waals surface area contributed by atoms with Gasteiger partial charge >= 0.3 is 11.9 Å². The molecule has 0 heterocycles. The van der Waals surface area contributed by atoms with Gasteiger partial charge in [-0.3, -0.25) is 9.59 Å². The summed E-state index contributed by atoms with van der Waals surface area (Å²) in [4.78, 5) is 27.1. The van der Waals surface area contributed by atoms with Gasteiger partial charge in [-0.2, -0.15) is 0 Å². The molecule has 0 aliphatic heterocycles. The number of esters is 2. The molecule has 0 amide bonds. The van der Waals surface area contributed by atoms with E-state index in [4.69, 9.17) is 9.47 Å². The van der Waals surface area contributed by atoms with Gasteiger partial charge in [0.2, 0.25) is 0 Å². The fourth-order valence-electron chi connectivity index (χ4n) is 8.32. The number of carbonyl (C=O) groups excluding carboxylic acids is 2. The molecule has 0 spiro atoms. The Kier molecular flexibility index (Phi) is 38.9. The van der Waals surface area contributed by atoms with E-state index in [1.807, 2.05) is 0 Å². The monoisotopic (exact) mass is 780 g/mol. The van der Waals surface area contributed by atoms with Crippen molar-refractivity contribution in [3.8, 4) is 0 Å². The lowest BCUT2D eigenvalue weighted by atomic mass is 9.85. The average Bonchev–Trinajstić information content (AvgIpc) is 3.18. The minimum Gasteiger partial charge on any atom is -0.466 e. The van der Waals surface area contributed by atoms with Crippen LogP contribution in [0, 0.1) is 11.8 Å². The molecule has 0 aliphatic carbocycles. The molecular weight excluding hydrogens is 683 g/mol. The van der Waals surface area contributed by atoms with Crippen molar-refractivity contribution in [2.75, 3.05) is 32.8 Å². The summed E-state index contributed by atoms with van der Waals surface area (Å²) in [6.45, 7) is 18.2. The van der Waals surface area contributed by atoms with Crippen molar-refractivity contribution in [2.24, 2.45) is 11.8 Å². The van der Waals surface area contributed by atoms with Gasteiger partial charge in [0.05, 0.1) is 18.8 Å². The predicted molar refractivity (Wildman–Crippen MR) is 237 cm³/mol. The lowest BCUT2D eigenvalue weighted by Crippen LogP contribution is -2.30. The van der Waals surface area contributed by atoms with Crippen LogP contribution in [0.1, 0.15) is 253 Å². The molecule has 6 heteroatoms. The predicted octanol–water partition coefficient (Wildman–Crippen LogP) is 14.3. The smallest absolute Gasteiger partial charge is 0.305 e. The molecule has 6 nitrogen and oxygen atoms in total. The van der Waals surface area contributed by atoms with E-state index >= 15 is 0 Å². The standard InChI is InChI=1S/C49H97NO5/c1-7-13-31-45(11-5)33-21-19-23-35-47(51)54-43-29-17-15-25-37-49(53,39-27-28-42-50(40-9-3)41-10-4)38-26-16-18-30-44-55-48(52)36-24-20-22-34-46(12-6)32-14-8-2/h45-46,53H,7-44H2,1-6H3. The number of ether oxygens (including phenoxy) is 2. The Bertz CT molecular complexity index is 776. The number of hydrogen-bond donors (Lipinski definition) is 1. The molecule has 0 rings (SSSR count). The van der Waals surface area contributed by atoms with E-state index in [1.165, 1.54) is 103 Å². The molecule has 55 heavy (non-hydrogen) atoms. The second-order valence-electron chi connectivity index (χ2n) is 17.3. The molecule has 328 valence electrons. The molecule has 0 saturated heterocycles. The van der Waals surface area contributed by atoms with Gasteiger partial charge < -0.3 is 19.5 Å². The highest BCUT2D eigenvalue weighted by atomic mass is 16.5. The lowest BCUT2D eigenvalue weighted by Gasteiger charge is -2.29. The van der Waals surface area contributed by atoms with Gasteiger partial charge in [-0.25, -0.2) is 0 Å². The quantitative estimate of drug-likeness (QED) is 0.0491. The van der Waals surface area contributed by atoms with Crippen LogP contribution in [0.2, 0.25) is 0 Å². The number of carbonyl (C=O) groups is 2. The second kappa shape index (κ2) is 39.7. The van der Waals surface area contributed by atoms with E-state index in [2.05, 4.69) is 46.4 Å². The number of rotatable bonds is 43. The van der Waals surface area contributed by atoms with Gasteiger partial charge in [0.15, 0.2) is 0 Å². The molecule has 2 atom stereocenters. The molecule has 0 bridgehead atoms. The van der Waals surface area contributed by atoms with Crippen molar-refractivity contribution in [1.29, 1.82) is 0 Å². The van der Waals surface area contributed by atoms with Gasteiger partial charge in [-0.15, -0.1) is 0 Å². The molecule has 0 aromatic carbocycles. The summed E-state index contributed by atoms with van der Waals surface area (Å²) >= 11 is 0. The first kappa shape index (κ1) is 53.9. The van der Waals surface area contributed by atoms with Crippen LogP contribution in [0.15, 0.2) is 0 Å². The summed E-state index contributed by atoms with van der Waals surface area (Å²) in [5.74, 6) is 1.64. The average molecular weight is 780 g/mol. The van der Waals surface area contributed by atoms with Gasteiger partial charge in [0.25, 0.3) is 0 Å². The molecular formula is C49H97NO5. The normalized spacial score (nSPS) is 13.9. The third-order valence-corrected chi connectivity index (χ3v) is 12.1. The van der Waals surface area contributed by atoms with Crippen molar-refractivity contribution in [3.63, 3.8) is 0 Å². The third kappa shape index (κ3) is 34.6.